The van der Waals surface area contributed by atoms with Gasteiger partial charge in [0.2, 0.25) is 0 Å². The molecule has 0 bridgehead atoms. The summed E-state index contributed by atoms with van der Waals surface area (Å²) >= 11 is 0. The van der Waals surface area contributed by atoms with Crippen LogP contribution in [-0.4, -0.2) is 22.2 Å². The van der Waals surface area contributed by atoms with E-state index in [4.69, 9.17) is 15.0 Å². The van der Waals surface area contributed by atoms with E-state index < -0.39 is 11.9 Å². The number of hydrogen-bond donors (Lipinski definition) is 2. The summed E-state index contributed by atoms with van der Waals surface area (Å²) in [6, 6.07) is 0. The molecule has 0 aromatic rings. The molecule has 2 N–H and O–H groups in total. The highest BCUT2D eigenvalue weighted by atomic mass is 16.4. The van der Waals surface area contributed by atoms with E-state index >= 15 is 0 Å². The highest BCUT2D eigenvalue weighted by Gasteiger charge is 1.96. The second kappa shape index (κ2) is 6.80. The summed E-state index contributed by atoms with van der Waals surface area (Å²) in [5.74, 6) is -1.73. The molecule has 0 spiro atoms. The minimum absolute atomic E-state index is 0.264. The fraction of sp³-hybridized carbons (Fsp3) is 0.429. The van der Waals surface area contributed by atoms with Crippen molar-refractivity contribution in [1.29, 1.82) is 0 Å². The second-order valence-electron chi connectivity index (χ2n) is 1.78. The zero-order valence-electron chi connectivity index (χ0n) is 6.63. The molecular formula is C7H12O4. The van der Waals surface area contributed by atoms with E-state index in [0.717, 1.165) is 6.92 Å². The Labute approximate surface area is 65.2 Å². The molecule has 0 radical (unpaired) electrons. The van der Waals surface area contributed by atoms with Crippen LogP contribution in [0.3, 0.4) is 0 Å². The Morgan fingerprint density at radius 1 is 1.36 bits per heavy atom. The van der Waals surface area contributed by atoms with Gasteiger partial charge in [0.05, 0.1) is 0 Å². The highest BCUT2D eigenvalue weighted by molar-refractivity contribution is 5.85. The maximum atomic E-state index is 9.83. The molecule has 0 aliphatic carbocycles. The first-order valence-electron chi connectivity index (χ1n) is 3.02. The monoisotopic (exact) mass is 160 g/mol. The molecule has 0 saturated carbocycles. The molecule has 4 nitrogen and oxygen atoms in total. The van der Waals surface area contributed by atoms with Crippen molar-refractivity contribution in [2.45, 2.75) is 20.3 Å². The van der Waals surface area contributed by atoms with Gasteiger partial charge in [0, 0.05) is 12.5 Å². The lowest BCUT2D eigenvalue weighted by Crippen LogP contribution is -1.95. The molecule has 0 amide bonds. The van der Waals surface area contributed by atoms with Crippen LogP contribution < -0.4 is 0 Å². The van der Waals surface area contributed by atoms with Crippen molar-refractivity contribution >= 4 is 11.9 Å². The molecule has 0 unspecified atom stereocenters. The minimum atomic E-state index is -0.900. The smallest absolute Gasteiger partial charge is 0.330 e. The van der Waals surface area contributed by atoms with E-state index in [1.165, 1.54) is 0 Å². The average Bonchev–Trinajstić information content (AvgIpc) is 1.85. The van der Waals surface area contributed by atoms with Crippen molar-refractivity contribution in [3.8, 4) is 0 Å². The van der Waals surface area contributed by atoms with Gasteiger partial charge in [0.1, 0.15) is 0 Å². The van der Waals surface area contributed by atoms with Gasteiger partial charge in [-0.15, -0.1) is 0 Å². The Balaban J connectivity index is 0. The minimum Gasteiger partial charge on any atom is -0.481 e. The largest absolute Gasteiger partial charge is 0.481 e. The molecule has 0 atom stereocenters. The van der Waals surface area contributed by atoms with E-state index in [1.807, 2.05) is 0 Å². The zero-order valence-corrected chi connectivity index (χ0v) is 6.63. The molecule has 0 saturated heterocycles. The van der Waals surface area contributed by atoms with E-state index in [2.05, 4.69) is 6.58 Å². The molecule has 0 aliphatic heterocycles. The third-order valence-electron chi connectivity index (χ3n) is 0.729. The molecule has 0 aromatic carbocycles. The zero-order chi connectivity index (χ0) is 9.44. The lowest BCUT2D eigenvalue weighted by atomic mass is 10.2. The Morgan fingerprint density at radius 2 is 1.64 bits per heavy atom. The van der Waals surface area contributed by atoms with Crippen LogP contribution in [0.5, 0.6) is 0 Å². The van der Waals surface area contributed by atoms with Gasteiger partial charge in [0.25, 0.3) is 5.97 Å². The number of carboxylic acids is 2. The van der Waals surface area contributed by atoms with Crippen LogP contribution in [0.2, 0.25) is 0 Å². The van der Waals surface area contributed by atoms with Gasteiger partial charge in [-0.05, 0) is 6.42 Å². The molecule has 0 aliphatic rings. The molecule has 0 rings (SSSR count). The summed E-state index contributed by atoms with van der Waals surface area (Å²) in [6.45, 7) is 6.12. The van der Waals surface area contributed by atoms with Crippen LogP contribution in [-0.2, 0) is 9.59 Å². The second-order valence-corrected chi connectivity index (χ2v) is 1.78. The topological polar surface area (TPSA) is 74.6 Å². The predicted octanol–water partition coefficient (Wildman–Crippen LogP) is 1.13. The van der Waals surface area contributed by atoms with Crippen LogP contribution in [0.4, 0.5) is 0 Å². The molecule has 4 heteroatoms. The maximum absolute atomic E-state index is 9.83. The summed E-state index contributed by atoms with van der Waals surface area (Å²) in [6.07, 6.45) is 0.523. The SMILES string of the molecule is C=C(CC)C(=O)O.CC(=O)O. The van der Waals surface area contributed by atoms with E-state index in [-0.39, 0.29) is 5.57 Å². The Bertz CT molecular complexity index is 156. The van der Waals surface area contributed by atoms with Crippen molar-refractivity contribution in [2.24, 2.45) is 0 Å². The van der Waals surface area contributed by atoms with Gasteiger partial charge in [-0.2, -0.15) is 0 Å². The van der Waals surface area contributed by atoms with Crippen molar-refractivity contribution in [1.82, 2.24) is 0 Å². The first-order valence-corrected chi connectivity index (χ1v) is 3.02. The van der Waals surface area contributed by atoms with E-state index in [0.29, 0.717) is 6.42 Å². The lowest BCUT2D eigenvalue weighted by Gasteiger charge is -1.87. The Kier molecular flexibility index (Phi) is 7.64. The molecule has 64 valence electrons. The number of hydrogen-bond acceptors (Lipinski definition) is 2. The maximum Gasteiger partial charge on any atom is 0.330 e. The number of aliphatic carboxylic acids is 2. The van der Waals surface area contributed by atoms with Crippen molar-refractivity contribution in [3.63, 3.8) is 0 Å². The third kappa shape index (κ3) is 17.7. The van der Waals surface area contributed by atoms with Gasteiger partial charge >= 0.3 is 5.97 Å². The standard InChI is InChI=1S/C5H8O2.C2H4O2/c1-3-4(2)5(6)7;1-2(3)4/h2-3H2,1H3,(H,6,7);1H3,(H,3,4). The molecule has 0 heterocycles. The predicted molar refractivity (Wildman–Crippen MR) is 40.4 cm³/mol. The van der Waals surface area contributed by atoms with Gasteiger partial charge < -0.3 is 10.2 Å². The first-order chi connectivity index (χ1) is 4.91. The van der Waals surface area contributed by atoms with Crippen LogP contribution in [0.1, 0.15) is 20.3 Å². The van der Waals surface area contributed by atoms with E-state index in [9.17, 15) is 4.79 Å². The number of carboxylic acid groups (broad SMARTS) is 2. The van der Waals surface area contributed by atoms with Crippen LogP contribution in [0.15, 0.2) is 12.2 Å². The molecule has 11 heavy (non-hydrogen) atoms. The van der Waals surface area contributed by atoms with Crippen molar-refractivity contribution < 1.29 is 19.8 Å². The fourth-order valence-corrected chi connectivity index (χ4v) is 0.151. The van der Waals surface area contributed by atoms with Crippen LogP contribution >= 0.6 is 0 Å². The average molecular weight is 160 g/mol. The molecule has 0 aromatic heterocycles. The summed E-state index contributed by atoms with van der Waals surface area (Å²) in [4.78, 5) is 18.8. The quantitative estimate of drug-likeness (QED) is 0.594. The fourth-order valence-electron chi connectivity index (χ4n) is 0.151. The Morgan fingerprint density at radius 3 is 1.64 bits per heavy atom. The first kappa shape index (κ1) is 12.4. The number of rotatable bonds is 2. The summed E-state index contributed by atoms with van der Waals surface area (Å²) in [7, 11) is 0. The third-order valence-corrected chi connectivity index (χ3v) is 0.729. The molecular weight excluding hydrogens is 148 g/mol. The summed E-state index contributed by atoms with van der Waals surface area (Å²) in [5, 5.41) is 15.5. The lowest BCUT2D eigenvalue weighted by molar-refractivity contribution is -0.134. The Hall–Kier alpha value is -1.32. The van der Waals surface area contributed by atoms with Gasteiger partial charge in [0.15, 0.2) is 0 Å². The normalized spacial score (nSPS) is 7.45. The van der Waals surface area contributed by atoms with Gasteiger partial charge in [-0.1, -0.05) is 13.5 Å². The summed E-state index contributed by atoms with van der Waals surface area (Å²) in [5.41, 5.74) is 0.264. The van der Waals surface area contributed by atoms with Crippen LogP contribution in [0.25, 0.3) is 0 Å². The molecule has 0 fully saturated rings. The van der Waals surface area contributed by atoms with Crippen molar-refractivity contribution in [3.05, 3.63) is 12.2 Å². The van der Waals surface area contributed by atoms with Gasteiger partial charge in [-0.25, -0.2) is 4.79 Å². The number of carbonyl (C=O) groups is 2. The summed E-state index contributed by atoms with van der Waals surface area (Å²) < 4.78 is 0. The van der Waals surface area contributed by atoms with Gasteiger partial charge in [-0.3, -0.25) is 4.79 Å². The van der Waals surface area contributed by atoms with Crippen LogP contribution in [0, 0.1) is 0 Å². The van der Waals surface area contributed by atoms with E-state index in [1.54, 1.807) is 6.92 Å². The highest BCUT2D eigenvalue weighted by Crippen LogP contribution is 1.93. The van der Waals surface area contributed by atoms with Crippen molar-refractivity contribution in [2.75, 3.05) is 0 Å².